The number of aryl methyl sites for hydroxylation is 1. The molecule has 8 nitrogen and oxygen atoms in total. The third kappa shape index (κ3) is 4.59. The number of nitrogens with one attached hydrogen (secondary N) is 1. The summed E-state index contributed by atoms with van der Waals surface area (Å²) in [6.07, 6.45) is 5.30. The Morgan fingerprint density at radius 3 is 2.50 bits per heavy atom. The van der Waals surface area contributed by atoms with E-state index in [2.05, 4.69) is 10.3 Å². The van der Waals surface area contributed by atoms with Crippen molar-refractivity contribution in [2.24, 2.45) is 0 Å². The van der Waals surface area contributed by atoms with Gasteiger partial charge in [-0.3, -0.25) is 4.79 Å². The molecule has 1 N–H and O–H groups in total. The maximum absolute atomic E-state index is 13.1. The van der Waals surface area contributed by atoms with Gasteiger partial charge in [-0.15, -0.1) is 0 Å². The number of nitrogens with zero attached hydrogens (tertiary/aromatic N) is 3. The lowest BCUT2D eigenvalue weighted by atomic mass is 10.1. The molecule has 0 radical (unpaired) electrons. The number of hydrogen-bond acceptors (Lipinski definition) is 5. The van der Waals surface area contributed by atoms with E-state index in [1.165, 1.54) is 10.4 Å². The first-order valence-corrected chi connectivity index (χ1v) is 11.9. The number of benzene rings is 2. The van der Waals surface area contributed by atoms with Crippen molar-refractivity contribution >= 4 is 15.9 Å². The van der Waals surface area contributed by atoms with Crippen LogP contribution in [-0.2, 0) is 14.8 Å². The van der Waals surface area contributed by atoms with E-state index >= 15 is 0 Å². The zero-order chi connectivity index (χ0) is 22.7. The first-order valence-electron chi connectivity index (χ1n) is 10.4. The van der Waals surface area contributed by atoms with Gasteiger partial charge in [0.2, 0.25) is 10.0 Å². The molecule has 168 valence electrons. The fourth-order valence-corrected chi connectivity index (χ4v) is 5.31. The zero-order valence-electron chi connectivity index (χ0n) is 18.1. The van der Waals surface area contributed by atoms with Crippen molar-refractivity contribution in [2.45, 2.75) is 24.8 Å². The fourth-order valence-electron chi connectivity index (χ4n) is 3.66. The first kappa shape index (κ1) is 22.2. The van der Waals surface area contributed by atoms with Gasteiger partial charge in [0.25, 0.3) is 5.91 Å². The van der Waals surface area contributed by atoms with E-state index in [0.29, 0.717) is 37.4 Å². The minimum absolute atomic E-state index is 0.157. The van der Waals surface area contributed by atoms with Crippen LogP contribution in [0.4, 0.5) is 0 Å². The standard InChI is InChI=1S/C23H26N4O4S/c1-17-3-4-20(15-22(17)32(29,30)27-11-13-31-14-12-27)23(28)25-18(2)19-5-7-21(8-6-19)26-10-9-24-16-26/h3-10,15-16,18H,11-14H2,1-2H3,(H,25,28)/t18-/m0/s1. The molecule has 2 aromatic carbocycles. The summed E-state index contributed by atoms with van der Waals surface area (Å²) in [5.74, 6) is -0.324. The number of hydrogen-bond donors (Lipinski definition) is 1. The van der Waals surface area contributed by atoms with Crippen LogP contribution in [0, 0.1) is 6.92 Å². The number of rotatable bonds is 6. The largest absolute Gasteiger partial charge is 0.379 e. The van der Waals surface area contributed by atoms with Crippen LogP contribution in [0.5, 0.6) is 0 Å². The Balaban J connectivity index is 1.50. The summed E-state index contributed by atoms with van der Waals surface area (Å²) in [5.41, 5.74) is 2.83. The average molecular weight is 455 g/mol. The fraction of sp³-hybridized carbons (Fsp3) is 0.304. The molecule has 1 aliphatic rings. The van der Waals surface area contributed by atoms with E-state index < -0.39 is 10.0 Å². The van der Waals surface area contributed by atoms with Crippen LogP contribution in [0.3, 0.4) is 0 Å². The molecule has 1 aliphatic heterocycles. The molecule has 9 heteroatoms. The van der Waals surface area contributed by atoms with E-state index in [-0.39, 0.29) is 16.8 Å². The molecular weight excluding hydrogens is 428 g/mol. The maximum atomic E-state index is 13.1. The Morgan fingerprint density at radius 2 is 1.84 bits per heavy atom. The van der Waals surface area contributed by atoms with Crippen LogP contribution in [0.2, 0.25) is 0 Å². The first-order chi connectivity index (χ1) is 15.4. The topological polar surface area (TPSA) is 93.5 Å². The molecule has 1 saturated heterocycles. The molecule has 0 saturated carbocycles. The molecule has 32 heavy (non-hydrogen) atoms. The SMILES string of the molecule is Cc1ccc(C(=O)N[C@@H](C)c2ccc(-n3ccnc3)cc2)cc1S(=O)(=O)N1CCOCC1. The van der Waals surface area contributed by atoms with E-state index in [1.54, 1.807) is 31.6 Å². The Kier molecular flexibility index (Phi) is 6.40. The lowest BCUT2D eigenvalue weighted by Crippen LogP contribution is -2.41. The summed E-state index contributed by atoms with van der Waals surface area (Å²) >= 11 is 0. The molecule has 1 fully saturated rings. The van der Waals surface area contributed by atoms with Crippen LogP contribution in [0.15, 0.2) is 66.1 Å². The summed E-state index contributed by atoms with van der Waals surface area (Å²) < 4.78 is 34.7. The minimum atomic E-state index is -3.69. The van der Waals surface area contributed by atoms with Gasteiger partial charge < -0.3 is 14.6 Å². The summed E-state index contributed by atoms with van der Waals surface area (Å²) in [5, 5.41) is 2.96. The van der Waals surface area contributed by atoms with Crippen molar-refractivity contribution in [3.63, 3.8) is 0 Å². The Labute approximate surface area is 187 Å². The van der Waals surface area contributed by atoms with Crippen LogP contribution >= 0.6 is 0 Å². The van der Waals surface area contributed by atoms with E-state index in [9.17, 15) is 13.2 Å². The molecule has 0 unspecified atom stereocenters. The molecule has 1 amide bonds. The van der Waals surface area contributed by atoms with Crippen molar-refractivity contribution in [1.29, 1.82) is 0 Å². The molecule has 3 aromatic rings. The quantitative estimate of drug-likeness (QED) is 0.618. The highest BCUT2D eigenvalue weighted by atomic mass is 32.2. The Hall–Kier alpha value is -3.01. The minimum Gasteiger partial charge on any atom is -0.379 e. The van der Waals surface area contributed by atoms with E-state index in [1.807, 2.05) is 42.0 Å². The predicted octanol–water partition coefficient (Wildman–Crippen LogP) is 2.69. The number of ether oxygens (including phenoxy) is 1. The molecule has 0 aliphatic carbocycles. The van der Waals surface area contributed by atoms with Crippen molar-refractivity contribution in [1.82, 2.24) is 19.2 Å². The van der Waals surface area contributed by atoms with Gasteiger partial charge in [-0.05, 0) is 49.2 Å². The summed E-state index contributed by atoms with van der Waals surface area (Å²) in [4.78, 5) is 17.1. The van der Waals surface area contributed by atoms with Crippen LogP contribution in [0.1, 0.15) is 34.5 Å². The number of sulfonamides is 1. The highest BCUT2D eigenvalue weighted by molar-refractivity contribution is 7.89. The number of morpholine rings is 1. The molecule has 1 aromatic heterocycles. The molecule has 0 spiro atoms. The molecule has 1 atom stereocenters. The second-order valence-corrected chi connectivity index (χ2v) is 9.66. The van der Waals surface area contributed by atoms with Gasteiger partial charge in [0.1, 0.15) is 0 Å². The van der Waals surface area contributed by atoms with Gasteiger partial charge in [-0.25, -0.2) is 13.4 Å². The Morgan fingerprint density at radius 1 is 1.12 bits per heavy atom. The normalized spacial score (nSPS) is 15.9. The van der Waals surface area contributed by atoms with Gasteiger partial charge in [-0.2, -0.15) is 4.31 Å². The van der Waals surface area contributed by atoms with Crippen LogP contribution in [0.25, 0.3) is 5.69 Å². The predicted molar refractivity (Wildman–Crippen MR) is 120 cm³/mol. The summed E-state index contributed by atoms with van der Waals surface area (Å²) in [6.45, 7) is 4.99. The average Bonchev–Trinajstić information content (AvgIpc) is 3.35. The third-order valence-electron chi connectivity index (χ3n) is 5.58. The highest BCUT2D eigenvalue weighted by Gasteiger charge is 2.28. The van der Waals surface area contributed by atoms with Crippen LogP contribution in [-0.4, -0.2) is 54.5 Å². The summed E-state index contributed by atoms with van der Waals surface area (Å²) in [7, 11) is -3.69. The number of imidazole rings is 1. The van der Waals surface area contributed by atoms with Crippen molar-refractivity contribution in [2.75, 3.05) is 26.3 Å². The van der Waals surface area contributed by atoms with Crippen molar-refractivity contribution in [3.05, 3.63) is 77.9 Å². The molecular formula is C23H26N4O4S. The number of carbonyl (C=O) groups is 1. The van der Waals surface area contributed by atoms with E-state index in [4.69, 9.17) is 4.74 Å². The van der Waals surface area contributed by atoms with Crippen molar-refractivity contribution < 1.29 is 17.9 Å². The van der Waals surface area contributed by atoms with Gasteiger partial charge in [-0.1, -0.05) is 18.2 Å². The summed E-state index contributed by atoms with van der Waals surface area (Å²) in [6, 6.07) is 12.3. The zero-order valence-corrected chi connectivity index (χ0v) is 18.9. The number of carbonyl (C=O) groups excluding carboxylic acids is 1. The highest BCUT2D eigenvalue weighted by Crippen LogP contribution is 2.23. The Bertz CT molecular complexity index is 1190. The molecule has 4 rings (SSSR count). The molecule has 2 heterocycles. The smallest absolute Gasteiger partial charge is 0.251 e. The second kappa shape index (κ2) is 9.23. The van der Waals surface area contributed by atoms with E-state index in [0.717, 1.165) is 11.3 Å². The van der Waals surface area contributed by atoms with Gasteiger partial charge >= 0.3 is 0 Å². The number of amides is 1. The lowest BCUT2D eigenvalue weighted by Gasteiger charge is -2.27. The molecule has 0 bridgehead atoms. The maximum Gasteiger partial charge on any atom is 0.251 e. The van der Waals surface area contributed by atoms with Crippen molar-refractivity contribution in [3.8, 4) is 5.69 Å². The number of aromatic nitrogens is 2. The second-order valence-electron chi connectivity index (χ2n) is 7.75. The monoisotopic (exact) mass is 454 g/mol. The van der Waals surface area contributed by atoms with Gasteiger partial charge in [0.15, 0.2) is 0 Å². The van der Waals surface area contributed by atoms with Crippen LogP contribution < -0.4 is 5.32 Å². The lowest BCUT2D eigenvalue weighted by molar-refractivity contribution is 0.0730. The third-order valence-corrected chi connectivity index (χ3v) is 7.62. The van der Waals surface area contributed by atoms with Gasteiger partial charge in [0.05, 0.1) is 30.5 Å². The van der Waals surface area contributed by atoms with Gasteiger partial charge in [0, 0.05) is 36.7 Å².